The third kappa shape index (κ3) is 2.83. The second-order valence-electron chi connectivity index (χ2n) is 4.85. The number of benzene rings is 2. The highest BCUT2D eigenvalue weighted by Crippen LogP contribution is 2.38. The van der Waals surface area contributed by atoms with Crippen molar-refractivity contribution in [1.82, 2.24) is 4.98 Å². The number of aliphatic imine (C=N–C) groups is 1. The van der Waals surface area contributed by atoms with Gasteiger partial charge < -0.3 is 19.6 Å². The second-order valence-corrected chi connectivity index (χ2v) is 5.26. The fraction of sp³-hybridized carbons (Fsp3) is 0.118. The summed E-state index contributed by atoms with van der Waals surface area (Å²) in [5.41, 5.74) is 2.00. The highest BCUT2D eigenvalue weighted by atomic mass is 35.5. The SMILES string of the molecule is COc1cc(N=Cc2c(O)[nH]c3ccccc23)c(OC)cc1Cl. The Morgan fingerprint density at radius 1 is 1.13 bits per heavy atom. The van der Waals surface area contributed by atoms with Crippen LogP contribution in [-0.4, -0.2) is 30.5 Å². The van der Waals surface area contributed by atoms with Gasteiger partial charge in [0.25, 0.3) is 0 Å². The number of nitrogens with one attached hydrogen (secondary N) is 1. The van der Waals surface area contributed by atoms with Crippen LogP contribution < -0.4 is 9.47 Å². The molecule has 0 saturated carbocycles. The third-order valence-corrected chi connectivity index (χ3v) is 3.81. The van der Waals surface area contributed by atoms with Crippen LogP contribution in [0.2, 0.25) is 5.02 Å². The molecule has 0 aliphatic heterocycles. The summed E-state index contributed by atoms with van der Waals surface area (Å²) in [5.74, 6) is 1.09. The molecule has 5 nitrogen and oxygen atoms in total. The van der Waals surface area contributed by atoms with Crippen molar-refractivity contribution in [3.05, 3.63) is 47.0 Å². The van der Waals surface area contributed by atoms with Crippen molar-refractivity contribution in [2.24, 2.45) is 4.99 Å². The summed E-state index contributed by atoms with van der Waals surface area (Å²) in [6.45, 7) is 0. The van der Waals surface area contributed by atoms with Gasteiger partial charge in [0.05, 0.1) is 24.8 Å². The smallest absolute Gasteiger partial charge is 0.198 e. The lowest BCUT2D eigenvalue weighted by Crippen LogP contribution is -1.89. The lowest BCUT2D eigenvalue weighted by molar-refractivity contribution is 0.404. The fourth-order valence-corrected chi connectivity index (χ4v) is 2.59. The van der Waals surface area contributed by atoms with Gasteiger partial charge >= 0.3 is 0 Å². The predicted octanol–water partition coefficient (Wildman–Crippen LogP) is 4.29. The number of rotatable bonds is 4. The molecule has 0 unspecified atom stereocenters. The van der Waals surface area contributed by atoms with Gasteiger partial charge in [-0.3, -0.25) is 4.99 Å². The average molecular weight is 331 g/mol. The topological polar surface area (TPSA) is 66.8 Å². The molecule has 3 rings (SSSR count). The average Bonchev–Trinajstić information content (AvgIpc) is 2.88. The van der Waals surface area contributed by atoms with Gasteiger partial charge in [-0.25, -0.2) is 0 Å². The Hall–Kier alpha value is -2.66. The third-order valence-electron chi connectivity index (χ3n) is 3.51. The maximum Gasteiger partial charge on any atom is 0.198 e. The van der Waals surface area contributed by atoms with E-state index in [9.17, 15) is 5.11 Å². The zero-order chi connectivity index (χ0) is 16.4. The molecule has 1 heterocycles. The van der Waals surface area contributed by atoms with Crippen molar-refractivity contribution in [3.8, 4) is 17.4 Å². The van der Waals surface area contributed by atoms with E-state index in [1.165, 1.54) is 7.11 Å². The van der Waals surface area contributed by atoms with Crippen LogP contribution in [0.25, 0.3) is 10.9 Å². The summed E-state index contributed by atoms with van der Waals surface area (Å²) in [7, 11) is 3.08. The summed E-state index contributed by atoms with van der Waals surface area (Å²) in [5, 5.41) is 11.4. The molecule has 23 heavy (non-hydrogen) atoms. The number of nitrogens with zero attached hydrogens (tertiary/aromatic N) is 1. The zero-order valence-corrected chi connectivity index (χ0v) is 13.4. The highest BCUT2D eigenvalue weighted by Gasteiger charge is 2.11. The Kier molecular flexibility index (Phi) is 4.12. The number of halogens is 1. The van der Waals surface area contributed by atoms with Crippen molar-refractivity contribution >= 4 is 34.4 Å². The van der Waals surface area contributed by atoms with Crippen LogP contribution in [0, 0.1) is 0 Å². The van der Waals surface area contributed by atoms with Crippen LogP contribution in [0.1, 0.15) is 5.56 Å². The van der Waals surface area contributed by atoms with Gasteiger partial charge in [0.2, 0.25) is 0 Å². The van der Waals surface area contributed by atoms with Gasteiger partial charge in [-0.2, -0.15) is 0 Å². The van der Waals surface area contributed by atoms with Gasteiger partial charge in [0.15, 0.2) is 5.88 Å². The molecule has 2 N–H and O–H groups in total. The van der Waals surface area contributed by atoms with E-state index < -0.39 is 0 Å². The number of fused-ring (bicyclic) bond motifs is 1. The molecule has 1 aromatic heterocycles. The zero-order valence-electron chi connectivity index (χ0n) is 12.6. The number of aromatic nitrogens is 1. The number of H-pyrrole nitrogens is 1. The van der Waals surface area contributed by atoms with Crippen LogP contribution in [0.4, 0.5) is 5.69 Å². The minimum atomic E-state index is 0.0647. The quantitative estimate of drug-likeness (QED) is 0.701. The molecule has 0 radical (unpaired) electrons. The maximum absolute atomic E-state index is 10.1. The molecule has 6 heteroatoms. The molecule has 0 amide bonds. The summed E-state index contributed by atoms with van der Waals surface area (Å²) < 4.78 is 10.5. The summed E-state index contributed by atoms with van der Waals surface area (Å²) in [6.07, 6.45) is 1.58. The Morgan fingerprint density at radius 3 is 2.61 bits per heavy atom. The molecule has 0 bridgehead atoms. The minimum Gasteiger partial charge on any atom is -0.495 e. The van der Waals surface area contributed by atoms with E-state index in [1.807, 2.05) is 24.3 Å². The molecular weight excluding hydrogens is 316 g/mol. The number of ether oxygens (including phenoxy) is 2. The van der Waals surface area contributed by atoms with Crippen molar-refractivity contribution in [2.45, 2.75) is 0 Å². The largest absolute Gasteiger partial charge is 0.495 e. The number of para-hydroxylation sites is 1. The second kappa shape index (κ2) is 6.22. The first-order valence-corrected chi connectivity index (χ1v) is 7.27. The minimum absolute atomic E-state index is 0.0647. The molecule has 118 valence electrons. The number of hydrogen-bond acceptors (Lipinski definition) is 4. The van der Waals surface area contributed by atoms with Crippen LogP contribution in [0.5, 0.6) is 17.4 Å². The van der Waals surface area contributed by atoms with Crippen LogP contribution >= 0.6 is 11.6 Å². The fourth-order valence-electron chi connectivity index (χ4n) is 2.36. The van der Waals surface area contributed by atoms with E-state index in [1.54, 1.807) is 25.5 Å². The van der Waals surface area contributed by atoms with E-state index in [2.05, 4.69) is 9.98 Å². The van der Waals surface area contributed by atoms with E-state index >= 15 is 0 Å². The van der Waals surface area contributed by atoms with Gasteiger partial charge in [-0.15, -0.1) is 0 Å². The first kappa shape index (κ1) is 15.2. The Balaban J connectivity index is 2.07. The van der Waals surface area contributed by atoms with Gasteiger partial charge in [-0.1, -0.05) is 29.8 Å². The van der Waals surface area contributed by atoms with E-state index in [0.29, 0.717) is 27.8 Å². The van der Waals surface area contributed by atoms with Crippen LogP contribution in [0.15, 0.2) is 41.4 Å². The molecule has 0 fully saturated rings. The van der Waals surface area contributed by atoms with E-state index in [0.717, 1.165) is 10.9 Å². The standard InChI is InChI=1S/C17H15ClN2O3/c1-22-15-8-14(16(23-2)7-12(15)18)19-9-11-10-5-3-4-6-13(10)20-17(11)21/h3-9,20-21H,1-2H3. The van der Waals surface area contributed by atoms with E-state index in [-0.39, 0.29) is 5.88 Å². The van der Waals surface area contributed by atoms with Gasteiger partial charge in [0, 0.05) is 29.3 Å². The van der Waals surface area contributed by atoms with Gasteiger partial charge in [0.1, 0.15) is 17.2 Å². The predicted molar refractivity (Wildman–Crippen MR) is 91.8 cm³/mol. The number of hydrogen-bond donors (Lipinski definition) is 2. The molecule has 0 aliphatic carbocycles. The number of methoxy groups -OCH3 is 2. The molecule has 3 aromatic rings. The summed E-state index contributed by atoms with van der Waals surface area (Å²) in [6, 6.07) is 10.9. The van der Waals surface area contributed by atoms with Crippen LogP contribution in [-0.2, 0) is 0 Å². The molecule has 0 saturated heterocycles. The maximum atomic E-state index is 10.1. The Bertz CT molecular complexity index is 887. The number of aromatic hydroxyl groups is 1. The monoisotopic (exact) mass is 330 g/mol. The van der Waals surface area contributed by atoms with E-state index in [4.69, 9.17) is 21.1 Å². The molecular formula is C17H15ClN2O3. The number of aromatic amines is 1. The lowest BCUT2D eigenvalue weighted by atomic mass is 10.2. The molecule has 0 spiro atoms. The van der Waals surface area contributed by atoms with Crippen LogP contribution in [0.3, 0.4) is 0 Å². The normalized spacial score (nSPS) is 11.3. The summed E-state index contributed by atoms with van der Waals surface area (Å²) in [4.78, 5) is 7.32. The van der Waals surface area contributed by atoms with Crippen molar-refractivity contribution in [2.75, 3.05) is 14.2 Å². The van der Waals surface area contributed by atoms with Gasteiger partial charge in [-0.05, 0) is 6.07 Å². The van der Waals surface area contributed by atoms with Crippen molar-refractivity contribution in [3.63, 3.8) is 0 Å². The Labute approximate surface area is 138 Å². The first-order valence-electron chi connectivity index (χ1n) is 6.89. The summed E-state index contributed by atoms with van der Waals surface area (Å²) >= 11 is 6.08. The lowest BCUT2D eigenvalue weighted by Gasteiger charge is -2.08. The highest BCUT2D eigenvalue weighted by molar-refractivity contribution is 6.32. The van der Waals surface area contributed by atoms with Crippen molar-refractivity contribution in [1.29, 1.82) is 0 Å². The molecule has 0 aliphatic rings. The molecule has 0 atom stereocenters. The molecule has 2 aromatic carbocycles. The Morgan fingerprint density at radius 2 is 1.87 bits per heavy atom. The van der Waals surface area contributed by atoms with Crippen molar-refractivity contribution < 1.29 is 14.6 Å². The first-order chi connectivity index (χ1) is 11.1.